The molecule has 0 aliphatic heterocycles. The molecule has 0 spiro atoms. The van der Waals surface area contributed by atoms with Crippen molar-refractivity contribution in [3.63, 3.8) is 0 Å². The Morgan fingerprint density at radius 2 is 1.85 bits per heavy atom. The standard InChI is InChI=1S/C21H21FN2O2S/c1-14-10-20(15(2)24(14)19-9-5-7-17(22)12-19)21(25)23-18-8-4-6-16(11-18)13-27(3)26/h4-12H,13H2,1-3H3,(H,23,25)/t27-/m1/s1. The van der Waals surface area contributed by atoms with Gasteiger partial charge in [0.2, 0.25) is 0 Å². The predicted molar refractivity (Wildman–Crippen MR) is 107 cm³/mol. The molecule has 1 amide bonds. The largest absolute Gasteiger partial charge is 0.322 e. The zero-order valence-electron chi connectivity index (χ0n) is 15.5. The van der Waals surface area contributed by atoms with E-state index in [1.165, 1.54) is 12.1 Å². The minimum Gasteiger partial charge on any atom is -0.322 e. The molecule has 1 heterocycles. The van der Waals surface area contributed by atoms with Crippen molar-refractivity contribution >= 4 is 22.4 Å². The zero-order valence-corrected chi connectivity index (χ0v) is 16.3. The SMILES string of the molecule is Cc1cc(C(=O)Nc2cccc(C[S@@](C)=O)c2)c(C)n1-c1cccc(F)c1. The molecule has 4 nitrogen and oxygen atoms in total. The van der Waals surface area contributed by atoms with Crippen molar-refractivity contribution in [3.05, 3.63) is 82.9 Å². The van der Waals surface area contributed by atoms with E-state index in [1.54, 1.807) is 30.5 Å². The van der Waals surface area contributed by atoms with E-state index in [9.17, 15) is 13.4 Å². The van der Waals surface area contributed by atoms with Gasteiger partial charge in [0.1, 0.15) is 5.82 Å². The smallest absolute Gasteiger partial charge is 0.257 e. The quantitative estimate of drug-likeness (QED) is 0.710. The summed E-state index contributed by atoms with van der Waals surface area (Å²) < 4.78 is 26.8. The third-order valence-electron chi connectivity index (χ3n) is 4.30. The van der Waals surface area contributed by atoms with E-state index >= 15 is 0 Å². The van der Waals surface area contributed by atoms with Crippen molar-refractivity contribution in [2.75, 3.05) is 11.6 Å². The third-order valence-corrected chi connectivity index (χ3v) is 5.04. The van der Waals surface area contributed by atoms with Gasteiger partial charge in [0, 0.05) is 45.6 Å². The Hall–Kier alpha value is -2.73. The van der Waals surface area contributed by atoms with Crippen molar-refractivity contribution in [2.45, 2.75) is 19.6 Å². The lowest BCUT2D eigenvalue weighted by atomic mass is 10.2. The molecule has 0 unspecified atom stereocenters. The molecule has 1 aromatic heterocycles. The molecule has 0 saturated carbocycles. The molecular formula is C21H21FN2O2S. The molecule has 0 fully saturated rings. The van der Waals surface area contributed by atoms with Crippen LogP contribution in [0.25, 0.3) is 5.69 Å². The van der Waals surface area contributed by atoms with Gasteiger partial charge < -0.3 is 9.88 Å². The lowest BCUT2D eigenvalue weighted by molar-refractivity contribution is 0.102. The summed E-state index contributed by atoms with van der Waals surface area (Å²) in [5.74, 6) is -0.116. The van der Waals surface area contributed by atoms with Crippen LogP contribution < -0.4 is 5.32 Å². The second-order valence-corrected chi connectivity index (χ2v) is 7.91. The number of rotatable bonds is 5. The summed E-state index contributed by atoms with van der Waals surface area (Å²) in [4.78, 5) is 12.8. The number of benzene rings is 2. The lowest BCUT2D eigenvalue weighted by Gasteiger charge is -2.10. The molecule has 3 aromatic rings. The van der Waals surface area contributed by atoms with Gasteiger partial charge in [-0.1, -0.05) is 18.2 Å². The average molecular weight is 384 g/mol. The fourth-order valence-electron chi connectivity index (χ4n) is 3.18. The molecule has 0 radical (unpaired) electrons. The molecule has 27 heavy (non-hydrogen) atoms. The molecule has 140 valence electrons. The van der Waals surface area contributed by atoms with Crippen molar-refractivity contribution < 1.29 is 13.4 Å². The zero-order chi connectivity index (χ0) is 19.6. The summed E-state index contributed by atoms with van der Waals surface area (Å²) in [6.07, 6.45) is 1.65. The highest BCUT2D eigenvalue weighted by Gasteiger charge is 2.17. The Balaban J connectivity index is 1.88. The summed E-state index contributed by atoms with van der Waals surface area (Å²) in [6.45, 7) is 3.72. The second kappa shape index (κ2) is 7.88. The number of hydrogen-bond donors (Lipinski definition) is 1. The number of amides is 1. The Kier molecular flexibility index (Phi) is 5.56. The molecule has 0 aliphatic carbocycles. The summed E-state index contributed by atoms with van der Waals surface area (Å²) in [5.41, 5.74) is 4.34. The van der Waals surface area contributed by atoms with Crippen molar-refractivity contribution in [2.24, 2.45) is 0 Å². The monoisotopic (exact) mass is 384 g/mol. The summed E-state index contributed by atoms with van der Waals surface area (Å²) in [7, 11) is -0.947. The molecule has 6 heteroatoms. The van der Waals surface area contributed by atoms with Crippen molar-refractivity contribution in [1.29, 1.82) is 0 Å². The highest BCUT2D eigenvalue weighted by molar-refractivity contribution is 7.83. The topological polar surface area (TPSA) is 51.1 Å². The fraction of sp³-hybridized carbons (Fsp3) is 0.190. The number of carbonyl (C=O) groups excluding carboxylic acids is 1. The fourth-order valence-corrected chi connectivity index (χ4v) is 3.83. The van der Waals surface area contributed by atoms with Gasteiger partial charge in [0.05, 0.1) is 5.56 Å². The Bertz CT molecular complexity index is 1030. The van der Waals surface area contributed by atoms with Crippen LogP contribution in [0.1, 0.15) is 27.3 Å². The second-order valence-electron chi connectivity index (χ2n) is 6.47. The molecule has 0 bridgehead atoms. The van der Waals surface area contributed by atoms with Crippen molar-refractivity contribution in [3.8, 4) is 5.69 Å². The average Bonchev–Trinajstić information content (AvgIpc) is 2.89. The first-order valence-corrected chi connectivity index (χ1v) is 10.2. The van der Waals surface area contributed by atoms with E-state index in [2.05, 4.69) is 5.32 Å². The van der Waals surface area contributed by atoms with Gasteiger partial charge in [0.15, 0.2) is 0 Å². The molecule has 0 aliphatic rings. The number of hydrogen-bond acceptors (Lipinski definition) is 2. The van der Waals surface area contributed by atoms with Gasteiger partial charge in [-0.3, -0.25) is 9.00 Å². The minimum absolute atomic E-state index is 0.236. The van der Waals surface area contributed by atoms with E-state index in [-0.39, 0.29) is 11.7 Å². The van der Waals surface area contributed by atoms with E-state index in [4.69, 9.17) is 0 Å². The number of halogens is 1. The van der Waals surface area contributed by atoms with Gasteiger partial charge in [-0.25, -0.2) is 4.39 Å². The number of aromatic nitrogens is 1. The van der Waals surface area contributed by atoms with Gasteiger partial charge in [-0.15, -0.1) is 0 Å². The highest BCUT2D eigenvalue weighted by atomic mass is 32.2. The van der Waals surface area contributed by atoms with Crippen LogP contribution in [0.2, 0.25) is 0 Å². The van der Waals surface area contributed by atoms with E-state index in [0.29, 0.717) is 22.7 Å². The molecule has 3 rings (SSSR count). The van der Waals surface area contributed by atoms with Crippen LogP contribution in [-0.2, 0) is 16.6 Å². The summed E-state index contributed by atoms with van der Waals surface area (Å²) in [6, 6.07) is 15.4. The Morgan fingerprint density at radius 1 is 1.11 bits per heavy atom. The van der Waals surface area contributed by atoms with Crippen molar-refractivity contribution in [1.82, 2.24) is 4.57 Å². The molecule has 0 saturated heterocycles. The number of carbonyl (C=O) groups is 1. The number of nitrogens with one attached hydrogen (secondary N) is 1. The molecule has 2 aromatic carbocycles. The Labute approximate surface area is 160 Å². The normalized spacial score (nSPS) is 12.0. The first-order chi connectivity index (χ1) is 12.8. The number of aryl methyl sites for hydroxylation is 1. The maximum absolute atomic E-state index is 13.6. The third kappa shape index (κ3) is 4.34. The van der Waals surface area contributed by atoms with Crippen LogP contribution >= 0.6 is 0 Å². The number of nitrogens with zero attached hydrogens (tertiary/aromatic N) is 1. The maximum Gasteiger partial charge on any atom is 0.257 e. The van der Waals surface area contributed by atoms with Gasteiger partial charge in [0.25, 0.3) is 5.91 Å². The van der Waals surface area contributed by atoms with Crippen LogP contribution in [0.5, 0.6) is 0 Å². The maximum atomic E-state index is 13.6. The van der Waals surface area contributed by atoms with E-state index < -0.39 is 10.8 Å². The van der Waals surface area contributed by atoms with Gasteiger partial charge in [-0.05, 0) is 55.8 Å². The lowest BCUT2D eigenvalue weighted by Crippen LogP contribution is -2.13. The van der Waals surface area contributed by atoms with Crippen LogP contribution in [0.4, 0.5) is 10.1 Å². The molecule has 1 atom stereocenters. The molecular weight excluding hydrogens is 363 g/mol. The van der Waals surface area contributed by atoms with Crippen LogP contribution in [0.15, 0.2) is 54.6 Å². The number of anilines is 1. The summed E-state index contributed by atoms with van der Waals surface area (Å²) >= 11 is 0. The first-order valence-electron chi connectivity index (χ1n) is 8.50. The predicted octanol–water partition coefficient (Wildman–Crippen LogP) is 4.36. The highest BCUT2D eigenvalue weighted by Crippen LogP contribution is 2.23. The van der Waals surface area contributed by atoms with E-state index in [0.717, 1.165) is 17.0 Å². The Morgan fingerprint density at radius 3 is 2.56 bits per heavy atom. The summed E-state index contributed by atoms with van der Waals surface area (Å²) in [5, 5.41) is 2.89. The van der Waals surface area contributed by atoms with Crippen LogP contribution in [0.3, 0.4) is 0 Å². The van der Waals surface area contributed by atoms with Crippen LogP contribution in [-0.4, -0.2) is 20.9 Å². The van der Waals surface area contributed by atoms with E-state index in [1.807, 2.05) is 36.6 Å². The van der Waals surface area contributed by atoms with Crippen LogP contribution in [0, 0.1) is 19.7 Å². The van der Waals surface area contributed by atoms with Gasteiger partial charge >= 0.3 is 0 Å². The molecule has 1 N–H and O–H groups in total. The minimum atomic E-state index is -0.947. The van der Waals surface area contributed by atoms with Gasteiger partial charge in [-0.2, -0.15) is 0 Å². The first kappa shape index (κ1) is 19.0.